The van der Waals surface area contributed by atoms with E-state index in [0.29, 0.717) is 23.8 Å². The average Bonchev–Trinajstić information content (AvgIpc) is 3.08. The third-order valence-corrected chi connectivity index (χ3v) is 4.09. The molecule has 2 N–H and O–H groups in total. The number of nitrogens with one attached hydrogen (secondary N) is 2. The van der Waals surface area contributed by atoms with Gasteiger partial charge in [0.25, 0.3) is 0 Å². The summed E-state index contributed by atoms with van der Waals surface area (Å²) in [4.78, 5) is 16.6. The molecule has 6 nitrogen and oxygen atoms in total. The van der Waals surface area contributed by atoms with E-state index >= 15 is 0 Å². The van der Waals surface area contributed by atoms with Crippen LogP contribution in [0.4, 0.5) is 16.2 Å². The number of aromatic nitrogens is 2. The van der Waals surface area contributed by atoms with Gasteiger partial charge in [0, 0.05) is 23.4 Å². The topological polar surface area (TPSA) is 80.0 Å². The van der Waals surface area contributed by atoms with E-state index in [4.69, 9.17) is 4.52 Å². The quantitative estimate of drug-likeness (QED) is 0.703. The van der Waals surface area contributed by atoms with E-state index in [1.165, 1.54) is 5.56 Å². The van der Waals surface area contributed by atoms with E-state index in [9.17, 15) is 4.79 Å². The zero-order valence-corrected chi connectivity index (χ0v) is 15.4. The van der Waals surface area contributed by atoms with Crippen LogP contribution in [0, 0.1) is 20.8 Å². The van der Waals surface area contributed by atoms with Crippen molar-refractivity contribution in [2.24, 2.45) is 0 Å². The van der Waals surface area contributed by atoms with Gasteiger partial charge in [0.1, 0.15) is 0 Å². The van der Waals surface area contributed by atoms with E-state index in [0.717, 1.165) is 22.4 Å². The van der Waals surface area contributed by atoms with Crippen molar-refractivity contribution in [2.75, 3.05) is 10.6 Å². The maximum atomic E-state index is 12.3. The normalized spacial score (nSPS) is 10.6. The Bertz CT molecular complexity index is 906. The minimum Gasteiger partial charge on any atom is -0.339 e. The van der Waals surface area contributed by atoms with Crippen molar-refractivity contribution >= 4 is 17.4 Å². The molecule has 0 saturated heterocycles. The maximum absolute atomic E-state index is 12.3. The van der Waals surface area contributed by atoms with Crippen LogP contribution in [0.3, 0.4) is 0 Å². The Kier molecular flexibility index (Phi) is 5.02. The monoisotopic (exact) mass is 350 g/mol. The number of urea groups is 1. The predicted molar refractivity (Wildman–Crippen MR) is 102 cm³/mol. The first-order valence-corrected chi connectivity index (χ1v) is 8.55. The zero-order valence-electron chi connectivity index (χ0n) is 15.4. The molecule has 1 aromatic heterocycles. The van der Waals surface area contributed by atoms with Gasteiger partial charge in [-0.15, -0.1) is 0 Å². The van der Waals surface area contributed by atoms with Gasteiger partial charge in [-0.05, 0) is 56.2 Å². The molecule has 6 heteroatoms. The molecule has 0 bridgehead atoms. The summed E-state index contributed by atoms with van der Waals surface area (Å²) in [6, 6.07) is 11.1. The fraction of sp³-hybridized carbons (Fsp3) is 0.250. The second kappa shape index (κ2) is 7.39. The summed E-state index contributed by atoms with van der Waals surface area (Å²) in [5.74, 6) is 1.15. The Labute approximate surface area is 152 Å². The average molecular weight is 350 g/mol. The zero-order chi connectivity index (χ0) is 18.7. The molecule has 0 atom stereocenters. The number of rotatable bonds is 4. The van der Waals surface area contributed by atoms with Crippen molar-refractivity contribution < 1.29 is 9.32 Å². The van der Waals surface area contributed by atoms with Crippen molar-refractivity contribution in [2.45, 2.75) is 34.1 Å². The lowest BCUT2D eigenvalue weighted by molar-refractivity contribution is 0.262. The molecule has 0 unspecified atom stereocenters. The molecular formula is C20H22N4O2. The highest BCUT2D eigenvalue weighted by Gasteiger charge is 2.10. The molecule has 2 aromatic carbocycles. The summed E-state index contributed by atoms with van der Waals surface area (Å²) < 4.78 is 5.12. The lowest BCUT2D eigenvalue weighted by Gasteiger charge is -2.13. The predicted octanol–water partition coefficient (Wildman–Crippen LogP) is 4.87. The largest absolute Gasteiger partial charge is 0.339 e. The third kappa shape index (κ3) is 3.91. The molecule has 3 rings (SSSR count). The molecule has 0 radical (unpaired) electrons. The van der Waals surface area contributed by atoms with Crippen LogP contribution in [0.2, 0.25) is 0 Å². The first kappa shape index (κ1) is 17.7. The Hall–Kier alpha value is -3.15. The lowest BCUT2D eigenvalue weighted by atomic mass is 10.1. The van der Waals surface area contributed by atoms with E-state index < -0.39 is 0 Å². The molecule has 1 heterocycles. The number of hydrogen-bond donors (Lipinski definition) is 2. The second-order valence-electron chi connectivity index (χ2n) is 6.30. The molecule has 0 saturated carbocycles. The first-order chi connectivity index (χ1) is 12.5. The minimum absolute atomic E-state index is 0.277. The van der Waals surface area contributed by atoms with E-state index in [2.05, 4.69) is 20.8 Å². The molecule has 0 aliphatic heterocycles. The summed E-state index contributed by atoms with van der Waals surface area (Å²) >= 11 is 0. The van der Waals surface area contributed by atoms with Gasteiger partial charge in [0.15, 0.2) is 0 Å². The number of anilines is 2. The van der Waals surface area contributed by atoms with Crippen LogP contribution < -0.4 is 10.6 Å². The van der Waals surface area contributed by atoms with Crippen LogP contribution >= 0.6 is 0 Å². The lowest BCUT2D eigenvalue weighted by Crippen LogP contribution is -2.20. The molecule has 0 fully saturated rings. The number of hydrogen-bond acceptors (Lipinski definition) is 4. The van der Waals surface area contributed by atoms with E-state index in [-0.39, 0.29) is 6.03 Å². The summed E-state index contributed by atoms with van der Waals surface area (Å²) in [5, 5.41) is 9.71. The number of carbonyl (C=O) groups is 1. The number of amides is 2. The Morgan fingerprint density at radius 3 is 2.27 bits per heavy atom. The fourth-order valence-corrected chi connectivity index (χ4v) is 2.87. The highest BCUT2D eigenvalue weighted by molar-refractivity contribution is 6.00. The first-order valence-electron chi connectivity index (χ1n) is 8.55. The van der Waals surface area contributed by atoms with Gasteiger partial charge >= 0.3 is 6.03 Å². The Morgan fingerprint density at radius 1 is 1.04 bits per heavy atom. The van der Waals surface area contributed by atoms with E-state index in [1.54, 1.807) is 0 Å². The molecule has 0 aliphatic rings. The molecule has 0 spiro atoms. The molecule has 134 valence electrons. The number of nitrogens with zero attached hydrogens (tertiary/aromatic N) is 2. The Morgan fingerprint density at radius 2 is 1.69 bits per heavy atom. The second-order valence-corrected chi connectivity index (χ2v) is 6.30. The van der Waals surface area contributed by atoms with Crippen molar-refractivity contribution in [1.29, 1.82) is 0 Å². The number of aryl methyl sites for hydroxylation is 4. The van der Waals surface area contributed by atoms with Gasteiger partial charge in [-0.3, -0.25) is 0 Å². The van der Waals surface area contributed by atoms with Gasteiger partial charge in [0.05, 0.1) is 0 Å². The van der Waals surface area contributed by atoms with Crippen molar-refractivity contribution in [1.82, 2.24) is 10.1 Å². The van der Waals surface area contributed by atoms with E-state index in [1.807, 2.05) is 64.1 Å². The van der Waals surface area contributed by atoms with Gasteiger partial charge in [-0.2, -0.15) is 4.98 Å². The minimum atomic E-state index is -0.277. The van der Waals surface area contributed by atoms with Crippen LogP contribution in [0.25, 0.3) is 11.4 Å². The summed E-state index contributed by atoms with van der Waals surface area (Å²) in [7, 11) is 0. The number of benzene rings is 2. The van der Waals surface area contributed by atoms with Gasteiger partial charge in [0.2, 0.25) is 11.7 Å². The summed E-state index contributed by atoms with van der Waals surface area (Å²) in [6.45, 7) is 7.97. The Balaban J connectivity index is 1.68. The summed E-state index contributed by atoms with van der Waals surface area (Å²) in [6.07, 6.45) is 0.699. The summed E-state index contributed by atoms with van der Waals surface area (Å²) in [5.41, 5.74) is 5.61. The van der Waals surface area contributed by atoms with Gasteiger partial charge in [-0.25, -0.2) is 4.79 Å². The molecule has 2 amide bonds. The van der Waals surface area contributed by atoms with Crippen molar-refractivity contribution in [3.05, 3.63) is 59.0 Å². The fourth-order valence-electron chi connectivity index (χ4n) is 2.87. The maximum Gasteiger partial charge on any atom is 0.323 e. The standard InChI is InChI=1S/C20H22N4O2/c1-5-17-22-19(24-26-17)15-6-8-16(9-7-15)21-20(25)23-18-13(3)10-12(2)11-14(18)4/h6-11H,5H2,1-4H3,(H2,21,23,25). The van der Waals surface area contributed by atoms with Crippen LogP contribution in [0.1, 0.15) is 29.5 Å². The highest BCUT2D eigenvalue weighted by Crippen LogP contribution is 2.23. The van der Waals surface area contributed by atoms with Crippen LogP contribution in [-0.2, 0) is 6.42 Å². The van der Waals surface area contributed by atoms with Gasteiger partial charge in [-0.1, -0.05) is 29.8 Å². The third-order valence-electron chi connectivity index (χ3n) is 4.09. The SMILES string of the molecule is CCc1nc(-c2ccc(NC(=O)Nc3c(C)cc(C)cc3C)cc2)no1. The molecule has 3 aromatic rings. The smallest absolute Gasteiger partial charge is 0.323 e. The highest BCUT2D eigenvalue weighted by atomic mass is 16.5. The van der Waals surface area contributed by atoms with Crippen molar-refractivity contribution in [3.8, 4) is 11.4 Å². The molecule has 26 heavy (non-hydrogen) atoms. The molecular weight excluding hydrogens is 328 g/mol. The number of carbonyl (C=O) groups excluding carboxylic acids is 1. The van der Waals surface area contributed by atoms with Crippen LogP contribution in [-0.4, -0.2) is 16.2 Å². The van der Waals surface area contributed by atoms with Crippen LogP contribution in [0.5, 0.6) is 0 Å². The van der Waals surface area contributed by atoms with Crippen molar-refractivity contribution in [3.63, 3.8) is 0 Å². The van der Waals surface area contributed by atoms with Crippen LogP contribution in [0.15, 0.2) is 40.9 Å². The molecule has 0 aliphatic carbocycles. The van der Waals surface area contributed by atoms with Gasteiger partial charge < -0.3 is 15.2 Å².